The molecule has 1 heterocycles. The van der Waals surface area contributed by atoms with Crippen LogP contribution in [-0.4, -0.2) is 21.1 Å². The standard InChI is InChI=1S/C9H18OS/c1-8(2)9-6-4-5-7-11(9,3)10/h8-9H,3-7H2,1-2H3. The van der Waals surface area contributed by atoms with E-state index >= 15 is 0 Å². The van der Waals surface area contributed by atoms with Gasteiger partial charge in [-0.2, -0.15) is 0 Å². The summed E-state index contributed by atoms with van der Waals surface area (Å²) in [7, 11) is -1.72. The molecule has 0 aromatic carbocycles. The predicted octanol–water partition coefficient (Wildman–Crippen LogP) is 1.91. The normalized spacial score (nSPS) is 39.4. The van der Waals surface area contributed by atoms with Crippen LogP contribution in [0.1, 0.15) is 33.1 Å². The first-order chi connectivity index (χ1) is 5.04. The van der Waals surface area contributed by atoms with Gasteiger partial charge in [-0.3, -0.25) is 4.21 Å². The summed E-state index contributed by atoms with van der Waals surface area (Å²) < 4.78 is 11.9. The Balaban J connectivity index is 2.76. The van der Waals surface area contributed by atoms with Crippen LogP contribution >= 0.6 is 0 Å². The summed E-state index contributed by atoms with van der Waals surface area (Å²) >= 11 is 0. The summed E-state index contributed by atoms with van der Waals surface area (Å²) in [5.74, 6) is 5.26. The van der Waals surface area contributed by atoms with E-state index in [9.17, 15) is 4.21 Å². The van der Waals surface area contributed by atoms with E-state index in [4.69, 9.17) is 0 Å². The van der Waals surface area contributed by atoms with Crippen LogP contribution in [-0.2, 0) is 9.52 Å². The molecule has 0 aromatic rings. The average molecular weight is 174 g/mol. The van der Waals surface area contributed by atoms with E-state index in [0.717, 1.165) is 18.6 Å². The fourth-order valence-corrected chi connectivity index (χ4v) is 4.47. The first-order valence-corrected chi connectivity index (χ1v) is 6.34. The highest BCUT2D eigenvalue weighted by molar-refractivity contribution is 8.00. The third kappa shape index (κ3) is 1.98. The average Bonchev–Trinajstić information content (AvgIpc) is 1.85. The Bertz CT molecular complexity index is 214. The molecule has 0 spiro atoms. The van der Waals surface area contributed by atoms with Gasteiger partial charge in [0.05, 0.1) is 0 Å². The second-order valence-electron chi connectivity index (χ2n) is 3.85. The molecule has 0 radical (unpaired) electrons. The summed E-state index contributed by atoms with van der Waals surface area (Å²) in [6.07, 6.45) is 3.49. The van der Waals surface area contributed by atoms with Gasteiger partial charge in [0, 0.05) is 11.0 Å². The van der Waals surface area contributed by atoms with E-state index < -0.39 is 9.52 Å². The summed E-state index contributed by atoms with van der Waals surface area (Å²) in [4.78, 5) is 0. The lowest BCUT2D eigenvalue weighted by Crippen LogP contribution is -2.32. The first-order valence-electron chi connectivity index (χ1n) is 4.38. The maximum Gasteiger partial charge on any atom is 0.0295 e. The molecule has 11 heavy (non-hydrogen) atoms. The quantitative estimate of drug-likeness (QED) is 0.555. The minimum Gasteiger partial charge on any atom is -0.268 e. The topological polar surface area (TPSA) is 17.1 Å². The van der Waals surface area contributed by atoms with E-state index in [1.165, 1.54) is 6.42 Å². The molecule has 2 unspecified atom stereocenters. The zero-order valence-electron chi connectivity index (χ0n) is 7.51. The smallest absolute Gasteiger partial charge is 0.0295 e. The van der Waals surface area contributed by atoms with E-state index in [0.29, 0.717) is 11.2 Å². The highest BCUT2D eigenvalue weighted by atomic mass is 32.2. The van der Waals surface area contributed by atoms with Gasteiger partial charge in [-0.1, -0.05) is 20.3 Å². The molecule has 66 valence electrons. The fraction of sp³-hybridized carbons (Fsp3) is 0.889. The second-order valence-corrected chi connectivity index (χ2v) is 6.60. The van der Waals surface area contributed by atoms with Crippen molar-refractivity contribution >= 4 is 15.4 Å². The minimum atomic E-state index is -1.72. The molecule has 1 nitrogen and oxygen atoms in total. The molecule has 0 aliphatic carbocycles. The van der Waals surface area contributed by atoms with Crippen LogP contribution in [0.25, 0.3) is 0 Å². The molecule has 2 atom stereocenters. The van der Waals surface area contributed by atoms with Crippen LogP contribution in [0.3, 0.4) is 0 Å². The maximum absolute atomic E-state index is 11.9. The lowest BCUT2D eigenvalue weighted by Gasteiger charge is -2.29. The van der Waals surface area contributed by atoms with Crippen molar-refractivity contribution < 1.29 is 4.21 Å². The molecule has 0 bridgehead atoms. The van der Waals surface area contributed by atoms with Gasteiger partial charge < -0.3 is 0 Å². The molecular weight excluding hydrogens is 156 g/mol. The van der Waals surface area contributed by atoms with E-state index in [2.05, 4.69) is 19.7 Å². The Morgan fingerprint density at radius 2 is 2.09 bits per heavy atom. The van der Waals surface area contributed by atoms with E-state index in [1.54, 1.807) is 0 Å². The number of hydrogen-bond acceptors (Lipinski definition) is 1. The van der Waals surface area contributed by atoms with E-state index in [-0.39, 0.29) is 0 Å². The molecule has 0 amide bonds. The molecule has 1 aliphatic heterocycles. The van der Waals surface area contributed by atoms with Gasteiger partial charge in [-0.05, 0) is 34.2 Å². The van der Waals surface area contributed by atoms with Gasteiger partial charge in [-0.25, -0.2) is 0 Å². The van der Waals surface area contributed by atoms with Crippen molar-refractivity contribution in [2.75, 3.05) is 5.75 Å². The predicted molar refractivity (Wildman–Crippen MR) is 52.6 cm³/mol. The van der Waals surface area contributed by atoms with Crippen molar-refractivity contribution in [1.82, 2.24) is 0 Å². The summed E-state index contributed by atoms with van der Waals surface area (Å²) in [6.45, 7) is 4.31. The van der Waals surface area contributed by atoms with Crippen molar-refractivity contribution in [3.63, 3.8) is 0 Å². The summed E-state index contributed by atoms with van der Waals surface area (Å²) in [5, 5.41) is 0.385. The lowest BCUT2D eigenvalue weighted by atomic mass is 10.0. The molecular formula is C9H18OS. The summed E-state index contributed by atoms with van der Waals surface area (Å²) in [6, 6.07) is 0. The zero-order chi connectivity index (χ0) is 8.48. The summed E-state index contributed by atoms with van der Waals surface area (Å²) in [5.41, 5.74) is 0. The Morgan fingerprint density at radius 3 is 2.45 bits per heavy atom. The molecule has 0 saturated carbocycles. The van der Waals surface area contributed by atoms with Gasteiger partial charge >= 0.3 is 0 Å². The monoisotopic (exact) mass is 174 g/mol. The molecule has 2 heteroatoms. The highest BCUT2D eigenvalue weighted by Crippen LogP contribution is 2.25. The maximum atomic E-state index is 11.9. The molecule has 1 saturated heterocycles. The Morgan fingerprint density at radius 1 is 1.45 bits per heavy atom. The van der Waals surface area contributed by atoms with Crippen molar-refractivity contribution in [2.24, 2.45) is 5.92 Å². The van der Waals surface area contributed by atoms with Gasteiger partial charge in [0.25, 0.3) is 0 Å². The van der Waals surface area contributed by atoms with Gasteiger partial charge in [0.1, 0.15) is 0 Å². The Hall–Kier alpha value is 0.0200. The molecule has 0 aromatic heterocycles. The van der Waals surface area contributed by atoms with Crippen LogP contribution in [0.15, 0.2) is 0 Å². The zero-order valence-corrected chi connectivity index (χ0v) is 8.32. The third-order valence-corrected chi connectivity index (χ3v) is 5.39. The van der Waals surface area contributed by atoms with Gasteiger partial charge in [0.15, 0.2) is 0 Å². The number of hydrogen-bond donors (Lipinski definition) is 0. The highest BCUT2D eigenvalue weighted by Gasteiger charge is 2.25. The van der Waals surface area contributed by atoms with Crippen LogP contribution in [0.5, 0.6) is 0 Å². The Labute approximate surface area is 70.2 Å². The van der Waals surface area contributed by atoms with Crippen molar-refractivity contribution in [2.45, 2.75) is 38.4 Å². The molecule has 0 N–H and O–H groups in total. The van der Waals surface area contributed by atoms with Crippen molar-refractivity contribution in [3.05, 3.63) is 0 Å². The van der Waals surface area contributed by atoms with Crippen LogP contribution in [0.2, 0.25) is 0 Å². The first kappa shape index (κ1) is 9.11. The second kappa shape index (κ2) is 3.18. The minimum absolute atomic E-state index is 0.385. The van der Waals surface area contributed by atoms with Crippen molar-refractivity contribution in [1.29, 1.82) is 0 Å². The lowest BCUT2D eigenvalue weighted by molar-refractivity contribution is 0.513. The van der Waals surface area contributed by atoms with Gasteiger partial charge in [-0.15, -0.1) is 0 Å². The molecule has 1 fully saturated rings. The molecule has 1 rings (SSSR count). The SMILES string of the molecule is C=S1(=O)CCCCC1C(C)C. The largest absolute Gasteiger partial charge is 0.268 e. The Kier molecular flexibility index (Phi) is 2.63. The number of rotatable bonds is 1. The van der Waals surface area contributed by atoms with Crippen molar-refractivity contribution in [3.8, 4) is 0 Å². The fourth-order valence-electron chi connectivity index (χ4n) is 1.89. The van der Waals surface area contributed by atoms with Crippen LogP contribution < -0.4 is 0 Å². The van der Waals surface area contributed by atoms with E-state index in [1.807, 2.05) is 0 Å². The molecule has 1 aliphatic rings. The van der Waals surface area contributed by atoms with Gasteiger partial charge in [0.2, 0.25) is 0 Å². The third-order valence-electron chi connectivity index (χ3n) is 2.52. The van der Waals surface area contributed by atoms with Crippen LogP contribution in [0.4, 0.5) is 0 Å². The van der Waals surface area contributed by atoms with Crippen LogP contribution in [0, 0.1) is 5.92 Å².